The van der Waals surface area contributed by atoms with E-state index < -0.39 is 0 Å². The van der Waals surface area contributed by atoms with Gasteiger partial charge in [0.25, 0.3) is 0 Å². The van der Waals surface area contributed by atoms with E-state index >= 15 is 0 Å². The summed E-state index contributed by atoms with van der Waals surface area (Å²) in [7, 11) is 0. The van der Waals surface area contributed by atoms with Crippen molar-refractivity contribution in [3.8, 4) is 0 Å². The van der Waals surface area contributed by atoms with Crippen molar-refractivity contribution in [3.63, 3.8) is 0 Å². The average Bonchev–Trinajstić information content (AvgIpc) is 3.21. The molecule has 0 fully saturated rings. The van der Waals surface area contributed by atoms with E-state index in [1.165, 1.54) is 17.3 Å². The van der Waals surface area contributed by atoms with E-state index in [0.717, 1.165) is 46.0 Å². The van der Waals surface area contributed by atoms with Gasteiger partial charge < -0.3 is 15.2 Å². The molecule has 0 atom stereocenters. The number of benzene rings is 3. The van der Waals surface area contributed by atoms with Gasteiger partial charge in [-0.15, -0.1) is 0 Å². The third kappa shape index (κ3) is 5.85. The number of thioether (sulfide) groups is 1. The fourth-order valence-corrected chi connectivity index (χ4v) is 4.58. The van der Waals surface area contributed by atoms with E-state index in [4.69, 9.17) is 4.98 Å². The van der Waals surface area contributed by atoms with Crippen LogP contribution in [0.5, 0.6) is 0 Å². The summed E-state index contributed by atoms with van der Waals surface area (Å²) in [5.41, 5.74) is 6.10. The highest BCUT2D eigenvalue weighted by Crippen LogP contribution is 2.24. The topological polar surface area (TPSA) is 76.0 Å². The maximum absolute atomic E-state index is 12.5. The van der Waals surface area contributed by atoms with Crippen LogP contribution in [0.2, 0.25) is 0 Å². The number of carbonyl (C=O) groups excluding carboxylic acids is 2. The summed E-state index contributed by atoms with van der Waals surface area (Å²) in [6.07, 6.45) is 0.875. The van der Waals surface area contributed by atoms with Crippen LogP contribution >= 0.6 is 11.8 Å². The lowest BCUT2D eigenvalue weighted by Gasteiger charge is -2.11. The quantitative estimate of drug-likeness (QED) is 0.345. The summed E-state index contributed by atoms with van der Waals surface area (Å²) in [6, 6.07) is 24.1. The Balaban J connectivity index is 1.34. The fraction of sp³-hybridized carbons (Fsp3) is 0.222. The second kappa shape index (κ2) is 11.0. The van der Waals surface area contributed by atoms with Crippen LogP contribution in [0.15, 0.2) is 78.0 Å². The predicted octanol–water partition coefficient (Wildman–Crippen LogP) is 4.74. The number of hydrogen-bond acceptors (Lipinski definition) is 4. The summed E-state index contributed by atoms with van der Waals surface area (Å²) < 4.78 is 2.16. The Labute approximate surface area is 203 Å². The third-order valence-corrected chi connectivity index (χ3v) is 6.72. The zero-order valence-electron chi connectivity index (χ0n) is 19.4. The highest BCUT2D eigenvalue weighted by molar-refractivity contribution is 7.99. The maximum Gasteiger partial charge on any atom is 0.243 e. The average molecular weight is 473 g/mol. The second-order valence-corrected chi connectivity index (χ2v) is 9.07. The third-order valence-electron chi connectivity index (χ3n) is 5.74. The van der Waals surface area contributed by atoms with Crippen molar-refractivity contribution in [2.75, 3.05) is 17.6 Å². The number of nitrogens with one attached hydrogen (secondary N) is 2. The molecule has 0 aliphatic heterocycles. The van der Waals surface area contributed by atoms with Gasteiger partial charge in [0, 0.05) is 12.2 Å². The van der Waals surface area contributed by atoms with Gasteiger partial charge in [0.05, 0.1) is 23.3 Å². The Hall–Kier alpha value is -3.58. The Morgan fingerprint density at radius 3 is 2.50 bits per heavy atom. The van der Waals surface area contributed by atoms with E-state index in [1.54, 1.807) is 0 Å². The first-order valence-corrected chi connectivity index (χ1v) is 12.2. The molecule has 1 aromatic heterocycles. The molecule has 4 aromatic rings. The molecule has 4 rings (SSSR count). The lowest BCUT2D eigenvalue weighted by Crippen LogP contribution is -2.34. The monoisotopic (exact) mass is 472 g/mol. The highest BCUT2D eigenvalue weighted by Gasteiger charge is 2.14. The molecule has 0 aliphatic carbocycles. The van der Waals surface area contributed by atoms with Gasteiger partial charge in [0.15, 0.2) is 5.16 Å². The molecule has 2 amide bonds. The van der Waals surface area contributed by atoms with Crippen LogP contribution in [-0.4, -0.2) is 33.7 Å². The van der Waals surface area contributed by atoms with Crippen molar-refractivity contribution >= 4 is 40.3 Å². The number of aromatic nitrogens is 2. The SMILES string of the molecule is Cc1cccc(NC(=O)CNC(=O)CSc2nc3ccccc3n2CCc2ccccc2)c1C. The van der Waals surface area contributed by atoms with E-state index in [9.17, 15) is 9.59 Å². The zero-order valence-corrected chi connectivity index (χ0v) is 20.2. The summed E-state index contributed by atoms with van der Waals surface area (Å²) in [4.78, 5) is 29.5. The van der Waals surface area contributed by atoms with Crippen LogP contribution in [0, 0.1) is 13.8 Å². The molecule has 2 N–H and O–H groups in total. The number of amides is 2. The number of carbonyl (C=O) groups is 2. The zero-order chi connectivity index (χ0) is 23.9. The number of anilines is 1. The molecular formula is C27H28N4O2S. The Morgan fingerprint density at radius 1 is 0.912 bits per heavy atom. The molecule has 0 aliphatic rings. The number of nitrogens with zero attached hydrogens (tertiary/aromatic N) is 2. The summed E-state index contributed by atoms with van der Waals surface area (Å²) in [5.74, 6) is -0.268. The Bertz CT molecular complexity index is 1300. The van der Waals surface area contributed by atoms with Gasteiger partial charge in [0.1, 0.15) is 0 Å². The van der Waals surface area contributed by atoms with Gasteiger partial charge in [-0.3, -0.25) is 9.59 Å². The molecule has 0 saturated carbocycles. The van der Waals surface area contributed by atoms with Crippen LogP contribution in [0.25, 0.3) is 11.0 Å². The van der Waals surface area contributed by atoms with Gasteiger partial charge in [-0.2, -0.15) is 0 Å². The molecule has 0 spiro atoms. The van der Waals surface area contributed by atoms with Crippen LogP contribution in [-0.2, 0) is 22.6 Å². The molecular weight excluding hydrogens is 444 g/mol. The van der Waals surface area contributed by atoms with E-state index in [-0.39, 0.29) is 24.1 Å². The summed E-state index contributed by atoms with van der Waals surface area (Å²) >= 11 is 1.38. The fourth-order valence-electron chi connectivity index (χ4n) is 3.71. The normalized spacial score (nSPS) is 10.9. The predicted molar refractivity (Wildman–Crippen MR) is 138 cm³/mol. The van der Waals surface area contributed by atoms with E-state index in [0.29, 0.717) is 0 Å². The van der Waals surface area contributed by atoms with Crippen molar-refractivity contribution in [1.29, 1.82) is 0 Å². The maximum atomic E-state index is 12.5. The van der Waals surface area contributed by atoms with E-state index in [1.807, 2.05) is 68.4 Å². The standard InChI is InChI=1S/C27H28N4O2S/c1-19-9-8-13-22(20(19)2)29-25(32)17-28-26(33)18-34-27-30-23-12-6-7-14-24(23)31(27)16-15-21-10-4-3-5-11-21/h3-14H,15-18H2,1-2H3,(H,28,33)(H,29,32). The van der Waals surface area contributed by atoms with Gasteiger partial charge in [-0.05, 0) is 55.2 Å². The van der Waals surface area contributed by atoms with Crippen LogP contribution in [0.3, 0.4) is 0 Å². The minimum atomic E-state index is -0.248. The lowest BCUT2D eigenvalue weighted by atomic mass is 10.1. The molecule has 174 valence electrons. The number of imidazole rings is 1. The second-order valence-electron chi connectivity index (χ2n) is 8.13. The molecule has 0 bridgehead atoms. The molecule has 0 saturated heterocycles. The highest BCUT2D eigenvalue weighted by atomic mass is 32.2. The number of para-hydroxylation sites is 2. The Morgan fingerprint density at radius 2 is 1.68 bits per heavy atom. The number of rotatable bonds is 9. The van der Waals surface area contributed by atoms with Crippen molar-refractivity contribution in [1.82, 2.24) is 14.9 Å². The molecule has 3 aromatic carbocycles. The minimum Gasteiger partial charge on any atom is -0.346 e. The Kier molecular flexibility index (Phi) is 7.65. The minimum absolute atomic E-state index is 0.0722. The lowest BCUT2D eigenvalue weighted by molar-refractivity contribution is -0.122. The first-order valence-electron chi connectivity index (χ1n) is 11.3. The number of aryl methyl sites for hydroxylation is 3. The van der Waals surface area contributed by atoms with Crippen LogP contribution in [0.1, 0.15) is 16.7 Å². The summed E-state index contributed by atoms with van der Waals surface area (Å²) in [5, 5.41) is 6.37. The molecule has 6 nitrogen and oxygen atoms in total. The van der Waals surface area contributed by atoms with Crippen molar-refractivity contribution in [2.24, 2.45) is 0 Å². The number of fused-ring (bicyclic) bond motifs is 1. The molecule has 34 heavy (non-hydrogen) atoms. The van der Waals surface area contributed by atoms with Crippen molar-refractivity contribution < 1.29 is 9.59 Å². The van der Waals surface area contributed by atoms with E-state index in [2.05, 4.69) is 33.4 Å². The molecule has 1 heterocycles. The van der Waals surface area contributed by atoms with Crippen molar-refractivity contribution in [2.45, 2.75) is 32.0 Å². The van der Waals surface area contributed by atoms with Gasteiger partial charge >= 0.3 is 0 Å². The van der Waals surface area contributed by atoms with Gasteiger partial charge in [-0.25, -0.2) is 4.98 Å². The number of hydrogen-bond donors (Lipinski definition) is 2. The van der Waals surface area contributed by atoms with Gasteiger partial charge in [-0.1, -0.05) is 66.4 Å². The van der Waals surface area contributed by atoms with Gasteiger partial charge in [0.2, 0.25) is 11.8 Å². The van der Waals surface area contributed by atoms with Crippen LogP contribution in [0.4, 0.5) is 5.69 Å². The first kappa shape index (κ1) is 23.6. The largest absolute Gasteiger partial charge is 0.346 e. The molecule has 7 heteroatoms. The molecule has 0 radical (unpaired) electrons. The molecule has 0 unspecified atom stereocenters. The van der Waals surface area contributed by atoms with Crippen LogP contribution < -0.4 is 10.6 Å². The summed E-state index contributed by atoms with van der Waals surface area (Å²) in [6.45, 7) is 4.66. The smallest absolute Gasteiger partial charge is 0.243 e. The van der Waals surface area contributed by atoms with Crippen molar-refractivity contribution in [3.05, 3.63) is 89.5 Å². The first-order chi connectivity index (χ1) is 16.5.